The predicted molar refractivity (Wildman–Crippen MR) is 169 cm³/mol. The molecule has 1 fully saturated rings. The third-order valence-corrected chi connectivity index (χ3v) is 8.54. The lowest BCUT2D eigenvalue weighted by Gasteiger charge is -2.37. The van der Waals surface area contributed by atoms with Crippen LogP contribution in [0.25, 0.3) is 11.0 Å². The Morgan fingerprint density at radius 3 is 2.49 bits per heavy atom. The van der Waals surface area contributed by atoms with E-state index in [2.05, 4.69) is 16.0 Å². The molecule has 2 unspecified atom stereocenters. The van der Waals surface area contributed by atoms with E-state index >= 15 is 0 Å². The number of nitrogens with zero attached hydrogens (tertiary/aromatic N) is 3. The zero-order chi connectivity index (χ0) is 30.2. The SMILES string of the molecule is COCCCn1c([C@@H]2CCCN(C(=O)C(Cc3ccccc3)C(Cc3ccc(Cl)cc3)NC(=O)O)C2)nc2ccccc21. The van der Waals surface area contributed by atoms with Crippen LogP contribution in [0.3, 0.4) is 0 Å². The smallest absolute Gasteiger partial charge is 0.404 e. The Labute approximate surface area is 257 Å². The minimum Gasteiger partial charge on any atom is -0.465 e. The molecule has 9 heteroatoms. The van der Waals surface area contributed by atoms with Crippen molar-refractivity contribution in [2.45, 2.75) is 50.6 Å². The molecule has 4 aromatic rings. The topological polar surface area (TPSA) is 96.7 Å². The highest BCUT2D eigenvalue weighted by Gasteiger charge is 2.36. The zero-order valence-corrected chi connectivity index (χ0v) is 25.2. The van der Waals surface area contributed by atoms with Crippen LogP contribution in [-0.4, -0.2) is 64.4 Å². The van der Waals surface area contributed by atoms with Crippen molar-refractivity contribution in [3.63, 3.8) is 0 Å². The van der Waals surface area contributed by atoms with Crippen LogP contribution in [0.4, 0.5) is 4.79 Å². The molecule has 2 heterocycles. The van der Waals surface area contributed by atoms with Gasteiger partial charge in [0.05, 0.1) is 17.0 Å². The number of carboxylic acid groups (broad SMARTS) is 1. The van der Waals surface area contributed by atoms with E-state index in [4.69, 9.17) is 21.3 Å². The normalized spacial score (nSPS) is 16.6. The first kappa shape index (κ1) is 30.6. The first-order chi connectivity index (χ1) is 20.9. The number of ether oxygens (including phenoxy) is 1. The van der Waals surface area contributed by atoms with E-state index in [-0.39, 0.29) is 11.8 Å². The molecule has 8 nitrogen and oxygen atoms in total. The van der Waals surface area contributed by atoms with Crippen molar-refractivity contribution >= 4 is 34.6 Å². The van der Waals surface area contributed by atoms with Gasteiger partial charge in [0.2, 0.25) is 5.91 Å². The average molecular weight is 603 g/mol. The fourth-order valence-electron chi connectivity index (χ4n) is 6.23. The van der Waals surface area contributed by atoms with Crippen LogP contribution in [0.2, 0.25) is 5.02 Å². The number of carbonyl (C=O) groups is 2. The largest absolute Gasteiger partial charge is 0.465 e. The summed E-state index contributed by atoms with van der Waals surface area (Å²) in [5.74, 6) is 0.444. The zero-order valence-electron chi connectivity index (χ0n) is 24.5. The highest BCUT2D eigenvalue weighted by molar-refractivity contribution is 6.30. The van der Waals surface area contributed by atoms with Gasteiger partial charge in [-0.15, -0.1) is 0 Å². The van der Waals surface area contributed by atoms with Crippen LogP contribution in [0, 0.1) is 5.92 Å². The van der Waals surface area contributed by atoms with Crippen LogP contribution in [0.15, 0.2) is 78.9 Å². The number of fused-ring (bicyclic) bond motifs is 1. The van der Waals surface area contributed by atoms with Gasteiger partial charge in [0.15, 0.2) is 0 Å². The highest BCUT2D eigenvalue weighted by Crippen LogP contribution is 2.31. The standard InChI is InChI=1S/C34H39ClN4O4/c1-43-20-8-19-39-31-13-6-5-12-29(31)36-32(39)26-11-7-18-38(23-26)33(40)28(21-24-9-3-2-4-10-24)30(37-34(41)42)22-25-14-16-27(35)17-15-25/h2-6,9-10,12-17,26,28,30,37H,7-8,11,18-23H2,1H3,(H,41,42)/t26-,28?,30?/m1/s1. The fourth-order valence-corrected chi connectivity index (χ4v) is 6.35. The summed E-state index contributed by atoms with van der Waals surface area (Å²) >= 11 is 6.11. The predicted octanol–water partition coefficient (Wildman–Crippen LogP) is 6.17. The van der Waals surface area contributed by atoms with Gasteiger partial charge in [-0.3, -0.25) is 4.79 Å². The number of carbonyl (C=O) groups excluding carboxylic acids is 1. The second kappa shape index (κ2) is 14.5. The number of imidazole rings is 1. The summed E-state index contributed by atoms with van der Waals surface area (Å²) < 4.78 is 7.60. The van der Waals surface area contributed by atoms with Gasteiger partial charge in [-0.25, -0.2) is 9.78 Å². The van der Waals surface area contributed by atoms with Gasteiger partial charge in [-0.05, 0) is 67.5 Å². The Morgan fingerprint density at radius 1 is 1.02 bits per heavy atom. The number of methoxy groups -OCH3 is 1. The highest BCUT2D eigenvalue weighted by atomic mass is 35.5. The maximum Gasteiger partial charge on any atom is 0.404 e. The molecule has 226 valence electrons. The Kier molecular flexibility index (Phi) is 10.3. The first-order valence-electron chi connectivity index (χ1n) is 14.9. The van der Waals surface area contributed by atoms with E-state index in [0.29, 0.717) is 37.6 Å². The number of hydrogen-bond donors (Lipinski definition) is 2. The van der Waals surface area contributed by atoms with Crippen LogP contribution < -0.4 is 5.32 Å². The lowest BCUT2D eigenvalue weighted by Crippen LogP contribution is -2.51. The van der Waals surface area contributed by atoms with Crippen molar-refractivity contribution in [1.29, 1.82) is 0 Å². The van der Waals surface area contributed by atoms with E-state index in [1.807, 2.05) is 65.6 Å². The van der Waals surface area contributed by atoms with Crippen molar-refractivity contribution in [3.05, 3.63) is 101 Å². The minimum atomic E-state index is -1.15. The molecule has 0 radical (unpaired) electrons. The number of likely N-dealkylation sites (tertiary alicyclic amines) is 1. The van der Waals surface area contributed by atoms with Gasteiger partial charge in [-0.1, -0.05) is 66.2 Å². The van der Waals surface area contributed by atoms with Gasteiger partial charge in [-0.2, -0.15) is 0 Å². The van der Waals surface area contributed by atoms with Crippen molar-refractivity contribution in [3.8, 4) is 0 Å². The number of aryl methyl sites for hydroxylation is 1. The third kappa shape index (κ3) is 7.75. The van der Waals surface area contributed by atoms with Crippen LogP contribution in [-0.2, 0) is 28.9 Å². The monoisotopic (exact) mass is 602 g/mol. The van der Waals surface area contributed by atoms with E-state index in [1.165, 1.54) is 0 Å². The lowest BCUT2D eigenvalue weighted by molar-refractivity contribution is -0.137. The van der Waals surface area contributed by atoms with E-state index < -0.39 is 18.1 Å². The van der Waals surface area contributed by atoms with Crippen molar-refractivity contribution in [2.24, 2.45) is 5.92 Å². The molecule has 0 spiro atoms. The summed E-state index contributed by atoms with van der Waals surface area (Å²) in [5, 5.41) is 13.1. The molecular weight excluding hydrogens is 564 g/mol. The fraction of sp³-hybridized carbons (Fsp3) is 0.382. The molecule has 2 N–H and O–H groups in total. The van der Waals surface area contributed by atoms with Gasteiger partial charge in [0.25, 0.3) is 0 Å². The van der Waals surface area contributed by atoms with Crippen LogP contribution >= 0.6 is 11.6 Å². The number of nitrogens with one attached hydrogen (secondary N) is 1. The summed E-state index contributed by atoms with van der Waals surface area (Å²) in [5.41, 5.74) is 3.94. The van der Waals surface area contributed by atoms with Gasteiger partial charge in [0.1, 0.15) is 5.82 Å². The molecule has 3 atom stereocenters. The molecule has 5 rings (SSSR count). The maximum absolute atomic E-state index is 14.4. The third-order valence-electron chi connectivity index (χ3n) is 8.29. The van der Waals surface area contributed by atoms with Crippen molar-refractivity contribution < 1.29 is 19.4 Å². The number of halogens is 1. The molecule has 1 aromatic heterocycles. The number of benzene rings is 3. The molecule has 1 aliphatic rings. The number of rotatable bonds is 12. The summed E-state index contributed by atoms with van der Waals surface area (Å²) in [6.07, 6.45) is 2.30. The van der Waals surface area contributed by atoms with Crippen LogP contribution in [0.5, 0.6) is 0 Å². The molecule has 0 aliphatic carbocycles. The molecule has 0 saturated carbocycles. The quantitative estimate of drug-likeness (QED) is 0.189. The number of aromatic nitrogens is 2. The lowest BCUT2D eigenvalue weighted by atomic mass is 9.86. The molecular formula is C34H39ClN4O4. The summed E-state index contributed by atoms with van der Waals surface area (Å²) in [6, 6.07) is 24.7. The van der Waals surface area contributed by atoms with E-state index in [1.54, 1.807) is 19.2 Å². The minimum absolute atomic E-state index is 0.0386. The number of piperidine rings is 1. The van der Waals surface area contributed by atoms with Crippen molar-refractivity contribution in [2.75, 3.05) is 26.8 Å². The molecule has 2 amide bonds. The molecule has 3 aromatic carbocycles. The second-order valence-electron chi connectivity index (χ2n) is 11.3. The first-order valence-corrected chi connectivity index (χ1v) is 15.3. The van der Waals surface area contributed by atoms with Crippen molar-refractivity contribution in [1.82, 2.24) is 19.8 Å². The number of hydrogen-bond acceptors (Lipinski definition) is 4. The van der Waals surface area contributed by atoms with Gasteiger partial charge >= 0.3 is 6.09 Å². The Balaban J connectivity index is 1.43. The van der Waals surface area contributed by atoms with Gasteiger partial charge in [0, 0.05) is 50.3 Å². The summed E-state index contributed by atoms with van der Waals surface area (Å²) in [7, 11) is 1.71. The number of amides is 2. The van der Waals surface area contributed by atoms with E-state index in [9.17, 15) is 14.7 Å². The van der Waals surface area contributed by atoms with Gasteiger partial charge < -0.3 is 24.6 Å². The Morgan fingerprint density at radius 2 is 1.74 bits per heavy atom. The molecule has 43 heavy (non-hydrogen) atoms. The number of para-hydroxylation sites is 2. The molecule has 0 bridgehead atoms. The molecule has 1 aliphatic heterocycles. The maximum atomic E-state index is 14.4. The Bertz CT molecular complexity index is 1510. The van der Waals surface area contributed by atoms with E-state index in [0.717, 1.165) is 53.8 Å². The summed E-state index contributed by atoms with van der Waals surface area (Å²) in [4.78, 5) is 33.4. The summed E-state index contributed by atoms with van der Waals surface area (Å²) in [6.45, 7) is 2.62. The second-order valence-corrected chi connectivity index (χ2v) is 11.7. The average Bonchev–Trinajstić information content (AvgIpc) is 3.39. The molecule has 1 saturated heterocycles. The van der Waals surface area contributed by atoms with Crippen LogP contribution in [0.1, 0.15) is 42.1 Å². The Hall–Kier alpha value is -3.88.